The Bertz CT molecular complexity index is 725. The number of pyridine rings is 1. The SMILES string of the molecule is N#Cc1cc(Br)ccc1Nc1ncc(C(=O)O)cc1N. The third-order valence-electron chi connectivity index (χ3n) is 2.52. The van der Waals surface area contributed by atoms with E-state index in [1.54, 1.807) is 18.2 Å². The summed E-state index contributed by atoms with van der Waals surface area (Å²) in [6.07, 6.45) is 1.20. The molecule has 6 nitrogen and oxygen atoms in total. The van der Waals surface area contributed by atoms with E-state index < -0.39 is 5.97 Å². The first-order chi connectivity index (χ1) is 9.51. The number of nitrogens with zero attached hydrogens (tertiary/aromatic N) is 2. The fourth-order valence-corrected chi connectivity index (χ4v) is 1.91. The molecule has 1 aromatic carbocycles. The lowest BCUT2D eigenvalue weighted by Gasteiger charge is -2.10. The summed E-state index contributed by atoms with van der Waals surface area (Å²) < 4.78 is 0.779. The fraction of sp³-hybridized carbons (Fsp3) is 0. The van der Waals surface area contributed by atoms with Gasteiger partial charge in [0.25, 0.3) is 0 Å². The maximum Gasteiger partial charge on any atom is 0.337 e. The maximum absolute atomic E-state index is 10.8. The van der Waals surface area contributed by atoms with Crippen LogP contribution < -0.4 is 11.1 Å². The van der Waals surface area contributed by atoms with Crippen LogP contribution in [0.25, 0.3) is 0 Å². The Morgan fingerprint density at radius 1 is 1.45 bits per heavy atom. The van der Waals surface area contributed by atoms with Gasteiger partial charge >= 0.3 is 5.97 Å². The van der Waals surface area contributed by atoms with Crippen LogP contribution in [0.3, 0.4) is 0 Å². The summed E-state index contributed by atoms with van der Waals surface area (Å²) in [7, 11) is 0. The number of carboxylic acids is 1. The second kappa shape index (κ2) is 5.59. The summed E-state index contributed by atoms with van der Waals surface area (Å²) in [4.78, 5) is 14.8. The second-order valence-electron chi connectivity index (χ2n) is 3.89. The highest BCUT2D eigenvalue weighted by atomic mass is 79.9. The molecule has 0 saturated carbocycles. The number of nitriles is 1. The van der Waals surface area contributed by atoms with Crippen molar-refractivity contribution in [2.45, 2.75) is 0 Å². The number of nitrogens with two attached hydrogens (primary N) is 1. The smallest absolute Gasteiger partial charge is 0.337 e. The predicted molar refractivity (Wildman–Crippen MR) is 77.7 cm³/mol. The summed E-state index contributed by atoms with van der Waals surface area (Å²) in [5, 5.41) is 20.8. The molecule has 0 unspecified atom stereocenters. The molecule has 0 radical (unpaired) electrons. The number of anilines is 3. The number of carboxylic acid groups (broad SMARTS) is 1. The quantitative estimate of drug-likeness (QED) is 0.796. The van der Waals surface area contributed by atoms with Crippen molar-refractivity contribution in [3.05, 3.63) is 46.1 Å². The average molecular weight is 333 g/mol. The highest BCUT2D eigenvalue weighted by Gasteiger charge is 2.10. The van der Waals surface area contributed by atoms with E-state index in [9.17, 15) is 4.79 Å². The number of hydrogen-bond donors (Lipinski definition) is 3. The van der Waals surface area contributed by atoms with Gasteiger partial charge in [0.05, 0.1) is 22.5 Å². The molecule has 0 saturated heterocycles. The van der Waals surface area contributed by atoms with Gasteiger partial charge in [-0.15, -0.1) is 0 Å². The van der Waals surface area contributed by atoms with Crippen LogP contribution in [0, 0.1) is 11.3 Å². The van der Waals surface area contributed by atoms with E-state index in [0.717, 1.165) is 4.47 Å². The molecule has 0 bridgehead atoms. The second-order valence-corrected chi connectivity index (χ2v) is 4.81. The number of halogens is 1. The number of benzene rings is 1. The molecular weight excluding hydrogens is 324 g/mol. The largest absolute Gasteiger partial charge is 0.478 e. The Morgan fingerprint density at radius 3 is 2.80 bits per heavy atom. The molecule has 100 valence electrons. The number of carbonyl (C=O) groups is 1. The molecule has 1 aromatic heterocycles. The predicted octanol–water partition coefficient (Wildman–Crippen LogP) is 2.74. The summed E-state index contributed by atoms with van der Waals surface area (Å²) in [6, 6.07) is 8.49. The van der Waals surface area contributed by atoms with Gasteiger partial charge in [-0.25, -0.2) is 9.78 Å². The molecule has 0 aliphatic heterocycles. The lowest BCUT2D eigenvalue weighted by atomic mass is 10.2. The van der Waals surface area contributed by atoms with E-state index >= 15 is 0 Å². The van der Waals surface area contributed by atoms with Crippen LogP contribution in [0.5, 0.6) is 0 Å². The van der Waals surface area contributed by atoms with Crippen LogP contribution in [0.1, 0.15) is 15.9 Å². The van der Waals surface area contributed by atoms with E-state index in [0.29, 0.717) is 17.1 Å². The standard InChI is InChI=1S/C13H9BrN4O2/c14-9-1-2-11(7(3-9)5-15)18-12-10(16)4-8(6-17-12)13(19)20/h1-4,6H,16H2,(H,17,18)(H,19,20). The minimum absolute atomic E-state index is 0.00404. The molecule has 2 aromatic rings. The molecule has 1 heterocycles. The zero-order valence-electron chi connectivity index (χ0n) is 10.1. The minimum atomic E-state index is -1.10. The number of hydrogen-bond acceptors (Lipinski definition) is 5. The van der Waals surface area contributed by atoms with Crippen LogP contribution in [-0.2, 0) is 0 Å². The topological polar surface area (TPSA) is 112 Å². The van der Waals surface area contributed by atoms with E-state index in [1.165, 1.54) is 12.3 Å². The first kappa shape index (κ1) is 13.8. The first-order valence-corrected chi connectivity index (χ1v) is 6.26. The third-order valence-corrected chi connectivity index (χ3v) is 3.01. The zero-order chi connectivity index (χ0) is 14.7. The molecule has 4 N–H and O–H groups in total. The highest BCUT2D eigenvalue weighted by Crippen LogP contribution is 2.26. The molecule has 0 aliphatic carbocycles. The minimum Gasteiger partial charge on any atom is -0.478 e. The van der Waals surface area contributed by atoms with Gasteiger partial charge in [-0.05, 0) is 24.3 Å². The van der Waals surface area contributed by atoms with Crippen molar-refractivity contribution >= 4 is 39.1 Å². The van der Waals surface area contributed by atoms with E-state index in [2.05, 4.69) is 32.3 Å². The Hall–Kier alpha value is -2.59. The van der Waals surface area contributed by atoms with Crippen LogP contribution in [0.4, 0.5) is 17.2 Å². The lowest BCUT2D eigenvalue weighted by molar-refractivity contribution is 0.0696. The van der Waals surface area contributed by atoms with Crippen LogP contribution >= 0.6 is 15.9 Å². The van der Waals surface area contributed by atoms with E-state index in [-0.39, 0.29) is 11.3 Å². The molecule has 7 heteroatoms. The normalized spacial score (nSPS) is 9.80. The molecule has 0 aliphatic rings. The van der Waals surface area contributed by atoms with Gasteiger partial charge in [-0.2, -0.15) is 5.26 Å². The van der Waals surface area contributed by atoms with Crippen molar-refractivity contribution in [3.8, 4) is 6.07 Å². The van der Waals surface area contributed by atoms with E-state index in [4.69, 9.17) is 16.1 Å². The number of aromatic nitrogens is 1. The van der Waals surface area contributed by atoms with Crippen molar-refractivity contribution in [1.29, 1.82) is 5.26 Å². The van der Waals surface area contributed by atoms with Crippen molar-refractivity contribution in [2.75, 3.05) is 11.1 Å². The number of rotatable bonds is 3. The van der Waals surface area contributed by atoms with E-state index in [1.807, 2.05) is 0 Å². The Labute approximate surface area is 123 Å². The van der Waals surface area contributed by atoms with Gasteiger partial charge in [-0.3, -0.25) is 0 Å². The fourth-order valence-electron chi connectivity index (χ4n) is 1.55. The molecular formula is C13H9BrN4O2. The molecule has 0 spiro atoms. The lowest BCUT2D eigenvalue weighted by Crippen LogP contribution is -2.04. The molecule has 2 rings (SSSR count). The highest BCUT2D eigenvalue weighted by molar-refractivity contribution is 9.10. The Morgan fingerprint density at radius 2 is 2.20 bits per heavy atom. The summed E-state index contributed by atoms with van der Waals surface area (Å²) in [5.74, 6) is -0.800. The molecule has 20 heavy (non-hydrogen) atoms. The van der Waals surface area contributed by atoms with Crippen molar-refractivity contribution in [1.82, 2.24) is 4.98 Å². The number of nitrogens with one attached hydrogen (secondary N) is 1. The number of nitrogen functional groups attached to an aromatic ring is 1. The summed E-state index contributed by atoms with van der Waals surface area (Å²) in [6.45, 7) is 0. The Kier molecular flexibility index (Phi) is 3.86. The van der Waals surface area contributed by atoms with Gasteiger partial charge in [0, 0.05) is 10.7 Å². The Balaban J connectivity index is 2.36. The third kappa shape index (κ3) is 2.87. The van der Waals surface area contributed by atoms with Gasteiger partial charge in [0.15, 0.2) is 5.82 Å². The van der Waals surface area contributed by atoms with Gasteiger partial charge < -0.3 is 16.2 Å². The summed E-state index contributed by atoms with van der Waals surface area (Å²) in [5.41, 5.74) is 6.90. The van der Waals surface area contributed by atoms with Crippen molar-refractivity contribution in [2.24, 2.45) is 0 Å². The summed E-state index contributed by atoms with van der Waals surface area (Å²) >= 11 is 3.28. The first-order valence-electron chi connectivity index (χ1n) is 5.46. The molecule has 0 atom stereocenters. The van der Waals surface area contributed by atoms with Crippen molar-refractivity contribution in [3.63, 3.8) is 0 Å². The van der Waals surface area contributed by atoms with Gasteiger partial charge in [0.1, 0.15) is 6.07 Å². The van der Waals surface area contributed by atoms with Crippen LogP contribution in [-0.4, -0.2) is 16.1 Å². The van der Waals surface area contributed by atoms with Gasteiger partial charge in [0.2, 0.25) is 0 Å². The van der Waals surface area contributed by atoms with Crippen LogP contribution in [0.2, 0.25) is 0 Å². The number of aromatic carboxylic acids is 1. The zero-order valence-corrected chi connectivity index (χ0v) is 11.7. The van der Waals surface area contributed by atoms with Crippen LogP contribution in [0.15, 0.2) is 34.9 Å². The molecule has 0 amide bonds. The van der Waals surface area contributed by atoms with Gasteiger partial charge in [-0.1, -0.05) is 15.9 Å². The maximum atomic E-state index is 10.8. The average Bonchev–Trinajstić information content (AvgIpc) is 2.42. The monoisotopic (exact) mass is 332 g/mol. The van der Waals surface area contributed by atoms with Crippen molar-refractivity contribution < 1.29 is 9.90 Å². The molecule has 0 fully saturated rings.